The number of nitrogens with two attached hydrogens (primary N) is 1. The molecule has 8 N–H and O–H groups in total. The Morgan fingerprint density at radius 1 is 0.714 bits per heavy atom. The van der Waals surface area contributed by atoms with Crippen molar-refractivity contribution in [3.8, 4) is 0 Å². The number of amides is 5. The number of carboxylic acids is 1. The van der Waals surface area contributed by atoms with Crippen LogP contribution in [0.15, 0.2) is 0 Å². The molecule has 3 atom stereocenters. The summed E-state index contributed by atoms with van der Waals surface area (Å²) in [5.74, 6) is -4.42. The van der Waals surface area contributed by atoms with Gasteiger partial charge in [0.1, 0.15) is 18.1 Å². The van der Waals surface area contributed by atoms with Gasteiger partial charge in [0.25, 0.3) is 0 Å². The minimum atomic E-state index is -1.22. The molecule has 0 saturated carbocycles. The molecule has 0 rings (SSSR count). The lowest BCUT2D eigenvalue weighted by Crippen LogP contribution is -2.54. The molecular formula is C15H26N6O7. The van der Waals surface area contributed by atoms with Crippen molar-refractivity contribution in [1.82, 2.24) is 26.6 Å². The monoisotopic (exact) mass is 402 g/mol. The second-order valence-corrected chi connectivity index (χ2v) is 5.85. The molecule has 0 aliphatic heterocycles. The van der Waals surface area contributed by atoms with Gasteiger partial charge < -0.3 is 37.4 Å². The number of carboxylic acid groups (broad SMARTS) is 1. The van der Waals surface area contributed by atoms with Gasteiger partial charge in [0, 0.05) is 0 Å². The SMILES string of the molecule is C[C@H](NC(=O)[C@H](C)NC(=O)[C@H](C)NC(=O)CNC(=O)CNC(=O)CN)C(=O)O. The van der Waals surface area contributed by atoms with Crippen molar-refractivity contribution in [2.24, 2.45) is 5.73 Å². The molecule has 0 aromatic carbocycles. The molecule has 158 valence electrons. The van der Waals surface area contributed by atoms with Crippen LogP contribution >= 0.6 is 0 Å². The first kappa shape index (κ1) is 24.8. The van der Waals surface area contributed by atoms with E-state index in [-0.39, 0.29) is 13.1 Å². The molecule has 0 unspecified atom stereocenters. The lowest BCUT2D eigenvalue weighted by molar-refractivity contribution is -0.141. The smallest absolute Gasteiger partial charge is 0.325 e. The Balaban J connectivity index is 4.29. The molecule has 0 spiro atoms. The van der Waals surface area contributed by atoms with Gasteiger partial charge in [-0.25, -0.2) is 0 Å². The van der Waals surface area contributed by atoms with E-state index >= 15 is 0 Å². The Morgan fingerprint density at radius 2 is 1.14 bits per heavy atom. The summed E-state index contributed by atoms with van der Waals surface area (Å²) in [5.41, 5.74) is 5.06. The third-order valence-corrected chi connectivity index (χ3v) is 3.33. The van der Waals surface area contributed by atoms with Crippen LogP contribution in [0.1, 0.15) is 20.8 Å². The molecule has 0 bridgehead atoms. The van der Waals surface area contributed by atoms with Gasteiger partial charge in [-0.15, -0.1) is 0 Å². The van der Waals surface area contributed by atoms with E-state index in [0.717, 1.165) is 0 Å². The van der Waals surface area contributed by atoms with E-state index in [1.807, 2.05) is 0 Å². The van der Waals surface area contributed by atoms with Gasteiger partial charge in [-0.3, -0.25) is 28.8 Å². The highest BCUT2D eigenvalue weighted by Gasteiger charge is 2.23. The molecule has 28 heavy (non-hydrogen) atoms. The third kappa shape index (κ3) is 10.1. The van der Waals surface area contributed by atoms with Crippen molar-refractivity contribution in [3.05, 3.63) is 0 Å². The largest absolute Gasteiger partial charge is 0.480 e. The fourth-order valence-corrected chi connectivity index (χ4v) is 1.65. The Morgan fingerprint density at radius 3 is 1.64 bits per heavy atom. The van der Waals surface area contributed by atoms with Crippen LogP contribution in [0, 0.1) is 0 Å². The predicted molar refractivity (Wildman–Crippen MR) is 95.5 cm³/mol. The second kappa shape index (κ2) is 12.2. The molecule has 13 heteroatoms. The summed E-state index contributed by atoms with van der Waals surface area (Å²) in [6.45, 7) is 2.94. The Bertz CT molecular complexity index is 624. The molecular weight excluding hydrogens is 376 g/mol. The van der Waals surface area contributed by atoms with Crippen molar-refractivity contribution >= 4 is 35.5 Å². The van der Waals surface area contributed by atoms with Crippen LogP contribution in [-0.4, -0.2) is 78.4 Å². The van der Waals surface area contributed by atoms with Gasteiger partial charge in [-0.2, -0.15) is 0 Å². The number of nitrogens with one attached hydrogen (secondary N) is 5. The molecule has 0 saturated heterocycles. The lowest BCUT2D eigenvalue weighted by Gasteiger charge is -2.19. The lowest BCUT2D eigenvalue weighted by atomic mass is 10.2. The van der Waals surface area contributed by atoms with Crippen LogP contribution in [0.3, 0.4) is 0 Å². The highest BCUT2D eigenvalue weighted by Crippen LogP contribution is 1.90. The zero-order valence-electron chi connectivity index (χ0n) is 15.8. The average molecular weight is 402 g/mol. The van der Waals surface area contributed by atoms with Crippen LogP contribution in [0.2, 0.25) is 0 Å². The summed E-state index contributed by atoms with van der Waals surface area (Å²) >= 11 is 0. The first-order chi connectivity index (χ1) is 13.0. The minimum Gasteiger partial charge on any atom is -0.480 e. The maximum atomic E-state index is 12.0. The predicted octanol–water partition coefficient (Wildman–Crippen LogP) is -4.22. The highest BCUT2D eigenvalue weighted by atomic mass is 16.4. The molecule has 0 aromatic rings. The van der Waals surface area contributed by atoms with Crippen molar-refractivity contribution in [3.63, 3.8) is 0 Å². The Labute approximate surface area is 161 Å². The standard InChI is InChI=1S/C15H26N6O7/c1-7(13(25)20-8(2)14(26)21-9(3)15(27)28)19-12(24)6-18-11(23)5-17-10(22)4-16/h7-9H,4-6,16H2,1-3H3,(H,17,22)(H,18,23)(H,19,24)(H,20,25)(H,21,26)(H,27,28)/t7-,8-,9-/m0/s1. The Hall–Kier alpha value is -3.22. The van der Waals surface area contributed by atoms with Crippen LogP contribution in [-0.2, 0) is 28.8 Å². The zero-order chi connectivity index (χ0) is 21.9. The number of rotatable bonds is 11. The maximum Gasteiger partial charge on any atom is 0.325 e. The van der Waals surface area contributed by atoms with Crippen molar-refractivity contribution in [2.45, 2.75) is 38.9 Å². The summed E-state index contributed by atoms with van der Waals surface area (Å²) in [5, 5.41) is 20.0. The molecule has 13 nitrogen and oxygen atoms in total. The number of hydrogen-bond donors (Lipinski definition) is 7. The summed E-state index contributed by atoms with van der Waals surface area (Å²) in [4.78, 5) is 68.6. The summed E-state index contributed by atoms with van der Waals surface area (Å²) in [6, 6.07) is -3.17. The van der Waals surface area contributed by atoms with E-state index in [1.54, 1.807) is 0 Å². The molecule has 0 radical (unpaired) electrons. The average Bonchev–Trinajstić information content (AvgIpc) is 2.63. The quantitative estimate of drug-likeness (QED) is 0.180. The van der Waals surface area contributed by atoms with E-state index in [4.69, 9.17) is 10.8 Å². The first-order valence-corrected chi connectivity index (χ1v) is 8.34. The van der Waals surface area contributed by atoms with Crippen LogP contribution in [0.5, 0.6) is 0 Å². The molecule has 0 fully saturated rings. The van der Waals surface area contributed by atoms with E-state index in [0.29, 0.717) is 0 Å². The molecule has 0 aliphatic carbocycles. The van der Waals surface area contributed by atoms with Gasteiger partial charge in [-0.1, -0.05) is 0 Å². The van der Waals surface area contributed by atoms with Crippen molar-refractivity contribution < 1.29 is 33.9 Å². The summed E-state index contributed by atoms with van der Waals surface area (Å²) in [7, 11) is 0. The molecule has 5 amide bonds. The zero-order valence-corrected chi connectivity index (χ0v) is 15.8. The van der Waals surface area contributed by atoms with E-state index < -0.39 is 60.2 Å². The molecule has 0 heterocycles. The number of hydrogen-bond acceptors (Lipinski definition) is 7. The first-order valence-electron chi connectivity index (χ1n) is 8.34. The number of carbonyl (C=O) groups is 6. The topological polar surface area (TPSA) is 209 Å². The fraction of sp³-hybridized carbons (Fsp3) is 0.600. The molecule has 0 aliphatic rings. The normalized spacial score (nSPS) is 13.3. The van der Waals surface area contributed by atoms with Crippen LogP contribution in [0.4, 0.5) is 0 Å². The van der Waals surface area contributed by atoms with Gasteiger partial charge >= 0.3 is 5.97 Å². The van der Waals surface area contributed by atoms with Gasteiger partial charge in [0.2, 0.25) is 29.5 Å². The van der Waals surface area contributed by atoms with Crippen molar-refractivity contribution in [1.29, 1.82) is 0 Å². The van der Waals surface area contributed by atoms with Crippen molar-refractivity contribution in [2.75, 3.05) is 19.6 Å². The van der Waals surface area contributed by atoms with E-state index in [9.17, 15) is 28.8 Å². The number of aliphatic carboxylic acids is 1. The minimum absolute atomic E-state index is 0.272. The third-order valence-electron chi connectivity index (χ3n) is 3.33. The second-order valence-electron chi connectivity index (χ2n) is 5.85. The molecule has 0 aromatic heterocycles. The van der Waals surface area contributed by atoms with E-state index in [2.05, 4.69) is 26.6 Å². The highest BCUT2D eigenvalue weighted by molar-refractivity contribution is 5.94. The van der Waals surface area contributed by atoms with Crippen LogP contribution < -0.4 is 32.3 Å². The van der Waals surface area contributed by atoms with Crippen LogP contribution in [0.25, 0.3) is 0 Å². The van der Waals surface area contributed by atoms with Gasteiger partial charge in [0.15, 0.2) is 0 Å². The summed E-state index contributed by atoms with van der Waals surface area (Å²) in [6.07, 6.45) is 0. The Kier molecular flexibility index (Phi) is 10.8. The maximum absolute atomic E-state index is 12.0. The van der Waals surface area contributed by atoms with Gasteiger partial charge in [0.05, 0.1) is 19.6 Å². The van der Waals surface area contributed by atoms with Gasteiger partial charge in [-0.05, 0) is 20.8 Å². The fourth-order valence-electron chi connectivity index (χ4n) is 1.65. The summed E-state index contributed by atoms with van der Waals surface area (Å²) < 4.78 is 0. The van der Waals surface area contributed by atoms with E-state index in [1.165, 1.54) is 20.8 Å². The number of carbonyl (C=O) groups excluding carboxylic acids is 5.